The summed E-state index contributed by atoms with van der Waals surface area (Å²) in [5.41, 5.74) is 1.98. The number of carbonyl (C=O) groups excluding carboxylic acids is 1. The van der Waals surface area contributed by atoms with Crippen LogP contribution in [0.25, 0.3) is 0 Å². The van der Waals surface area contributed by atoms with E-state index in [9.17, 15) is 4.79 Å². The minimum absolute atomic E-state index is 0.153. The van der Waals surface area contributed by atoms with Gasteiger partial charge in [-0.05, 0) is 55.7 Å². The summed E-state index contributed by atoms with van der Waals surface area (Å²) in [6.45, 7) is 3.86. The Bertz CT molecular complexity index is 917. The molecule has 0 aromatic heterocycles. The second kappa shape index (κ2) is 9.63. The third kappa shape index (κ3) is 5.51. The SMILES string of the molecule is COc1ccc(Cl)cc1C(=O)NC(=S)Nc1ccc(N2CCN(C)CC2)c(Cl)c1. The minimum atomic E-state index is -0.415. The quantitative estimate of drug-likeness (QED) is 0.686. The van der Waals surface area contributed by atoms with Crippen LogP contribution in [-0.4, -0.2) is 56.3 Å². The number of benzene rings is 2. The zero-order valence-corrected chi connectivity index (χ0v) is 18.5. The molecule has 0 radical (unpaired) electrons. The van der Waals surface area contributed by atoms with Gasteiger partial charge >= 0.3 is 0 Å². The summed E-state index contributed by atoms with van der Waals surface area (Å²) < 4.78 is 5.21. The van der Waals surface area contributed by atoms with Gasteiger partial charge < -0.3 is 19.9 Å². The Morgan fingerprint density at radius 3 is 2.48 bits per heavy atom. The van der Waals surface area contributed by atoms with Gasteiger partial charge in [0.1, 0.15) is 5.75 Å². The Kier molecular flexibility index (Phi) is 7.18. The van der Waals surface area contributed by atoms with Gasteiger partial charge in [-0.2, -0.15) is 0 Å². The Hall–Kier alpha value is -2.06. The number of nitrogens with one attached hydrogen (secondary N) is 2. The molecule has 0 spiro atoms. The maximum atomic E-state index is 12.5. The predicted octanol–water partition coefficient (Wildman–Crippen LogP) is 3.88. The standard InChI is InChI=1S/C20H22Cl2N4O2S/c1-25-7-9-26(10-8-25)17-5-4-14(12-16(17)22)23-20(29)24-19(27)15-11-13(21)3-6-18(15)28-2/h3-6,11-12H,7-10H2,1-2H3,(H2,23,24,27,29). The van der Waals surface area contributed by atoms with E-state index in [1.165, 1.54) is 13.2 Å². The molecule has 3 rings (SSSR count). The summed E-state index contributed by atoms with van der Waals surface area (Å²) >= 11 is 17.7. The Balaban J connectivity index is 1.64. The van der Waals surface area contributed by atoms with Gasteiger partial charge in [0.15, 0.2) is 5.11 Å². The van der Waals surface area contributed by atoms with Gasteiger partial charge in [-0.25, -0.2) is 0 Å². The lowest BCUT2D eigenvalue weighted by molar-refractivity contribution is 0.0975. The fourth-order valence-electron chi connectivity index (χ4n) is 3.08. The minimum Gasteiger partial charge on any atom is -0.496 e. The smallest absolute Gasteiger partial charge is 0.261 e. The maximum Gasteiger partial charge on any atom is 0.261 e. The number of thiocarbonyl (C=S) groups is 1. The molecule has 2 aromatic rings. The van der Waals surface area contributed by atoms with Crippen LogP contribution in [-0.2, 0) is 0 Å². The van der Waals surface area contributed by atoms with Gasteiger partial charge in [-0.1, -0.05) is 23.2 Å². The lowest BCUT2D eigenvalue weighted by Gasteiger charge is -2.34. The molecule has 2 N–H and O–H groups in total. The van der Waals surface area contributed by atoms with E-state index < -0.39 is 5.91 Å². The van der Waals surface area contributed by atoms with Gasteiger partial charge in [-0.3, -0.25) is 10.1 Å². The number of nitrogens with zero attached hydrogens (tertiary/aromatic N) is 2. The van der Waals surface area contributed by atoms with Crippen LogP contribution >= 0.6 is 35.4 Å². The van der Waals surface area contributed by atoms with Crippen molar-refractivity contribution in [1.29, 1.82) is 0 Å². The van der Waals surface area contributed by atoms with E-state index in [1.807, 2.05) is 12.1 Å². The van der Waals surface area contributed by atoms with Crippen molar-refractivity contribution in [2.75, 3.05) is 50.6 Å². The van der Waals surface area contributed by atoms with Crippen LogP contribution < -0.4 is 20.3 Å². The number of ether oxygens (including phenoxy) is 1. The predicted molar refractivity (Wildman–Crippen MR) is 123 cm³/mol. The third-order valence-corrected chi connectivity index (χ3v) is 5.42. The molecule has 0 unspecified atom stereocenters. The summed E-state index contributed by atoms with van der Waals surface area (Å²) in [5.74, 6) is -0.00345. The first-order valence-corrected chi connectivity index (χ1v) is 10.2. The second-order valence-electron chi connectivity index (χ2n) is 6.71. The van der Waals surface area contributed by atoms with Crippen LogP contribution in [0, 0.1) is 0 Å². The molecule has 154 valence electrons. The molecule has 0 bridgehead atoms. The Labute approximate surface area is 185 Å². The van der Waals surface area contributed by atoms with Crippen molar-refractivity contribution in [3.63, 3.8) is 0 Å². The molecule has 1 heterocycles. The Morgan fingerprint density at radius 1 is 1.10 bits per heavy atom. The van der Waals surface area contributed by atoms with Crippen LogP contribution in [0.5, 0.6) is 5.75 Å². The molecule has 0 atom stereocenters. The largest absolute Gasteiger partial charge is 0.496 e. The van der Waals surface area contributed by atoms with Crippen LogP contribution in [0.15, 0.2) is 36.4 Å². The monoisotopic (exact) mass is 452 g/mol. The molecular weight excluding hydrogens is 431 g/mol. The van der Waals surface area contributed by atoms with E-state index >= 15 is 0 Å². The number of halogens is 2. The summed E-state index contributed by atoms with van der Waals surface area (Å²) in [4.78, 5) is 17.1. The van der Waals surface area contributed by atoms with Crippen LogP contribution in [0.2, 0.25) is 10.0 Å². The van der Waals surface area contributed by atoms with Crippen molar-refractivity contribution in [3.05, 3.63) is 52.0 Å². The number of anilines is 2. The van der Waals surface area contributed by atoms with Gasteiger partial charge in [0.2, 0.25) is 0 Å². The first kappa shape index (κ1) is 21.6. The molecule has 0 saturated carbocycles. The second-order valence-corrected chi connectivity index (χ2v) is 7.96. The highest BCUT2D eigenvalue weighted by Crippen LogP contribution is 2.29. The normalized spacial score (nSPS) is 14.4. The fourth-order valence-corrected chi connectivity index (χ4v) is 3.76. The molecule has 29 heavy (non-hydrogen) atoms. The maximum absolute atomic E-state index is 12.5. The van der Waals surface area contributed by atoms with Crippen molar-refractivity contribution in [1.82, 2.24) is 10.2 Å². The molecule has 1 aliphatic heterocycles. The van der Waals surface area contributed by atoms with E-state index in [0.717, 1.165) is 31.9 Å². The molecule has 1 saturated heterocycles. The average Bonchev–Trinajstić information content (AvgIpc) is 2.69. The number of hydrogen-bond donors (Lipinski definition) is 2. The molecular formula is C20H22Cl2N4O2S. The lowest BCUT2D eigenvalue weighted by Crippen LogP contribution is -2.44. The number of likely N-dealkylation sites (N-methyl/N-ethyl adjacent to an activating group) is 1. The molecule has 1 fully saturated rings. The summed E-state index contributed by atoms with van der Waals surface area (Å²) in [5, 5.41) is 6.83. The first-order chi connectivity index (χ1) is 13.9. The summed E-state index contributed by atoms with van der Waals surface area (Å²) in [6.07, 6.45) is 0. The van der Waals surface area contributed by atoms with E-state index in [0.29, 0.717) is 27.0 Å². The van der Waals surface area contributed by atoms with E-state index in [2.05, 4.69) is 27.5 Å². The van der Waals surface area contributed by atoms with E-state index in [4.69, 9.17) is 40.2 Å². The van der Waals surface area contributed by atoms with Crippen LogP contribution in [0.3, 0.4) is 0 Å². The average molecular weight is 453 g/mol. The molecule has 1 aliphatic rings. The van der Waals surface area contributed by atoms with Crippen molar-refractivity contribution >= 4 is 57.8 Å². The molecule has 1 amide bonds. The van der Waals surface area contributed by atoms with Gasteiger partial charge in [0.25, 0.3) is 5.91 Å². The number of rotatable bonds is 4. The zero-order valence-electron chi connectivity index (χ0n) is 16.2. The van der Waals surface area contributed by atoms with Crippen LogP contribution in [0.4, 0.5) is 11.4 Å². The Morgan fingerprint density at radius 2 is 1.83 bits per heavy atom. The first-order valence-electron chi connectivity index (χ1n) is 9.06. The number of amides is 1. The van der Waals surface area contributed by atoms with E-state index in [1.54, 1.807) is 18.2 Å². The van der Waals surface area contributed by atoms with Crippen LogP contribution in [0.1, 0.15) is 10.4 Å². The number of methoxy groups -OCH3 is 1. The van der Waals surface area contributed by atoms with Gasteiger partial charge in [0, 0.05) is 36.9 Å². The highest BCUT2D eigenvalue weighted by molar-refractivity contribution is 7.80. The third-order valence-electron chi connectivity index (χ3n) is 4.68. The molecule has 6 nitrogen and oxygen atoms in total. The van der Waals surface area contributed by atoms with Crippen molar-refractivity contribution < 1.29 is 9.53 Å². The van der Waals surface area contributed by atoms with Crippen molar-refractivity contribution in [3.8, 4) is 5.75 Å². The highest BCUT2D eigenvalue weighted by atomic mass is 35.5. The van der Waals surface area contributed by atoms with Gasteiger partial charge in [-0.15, -0.1) is 0 Å². The zero-order chi connectivity index (χ0) is 21.0. The number of piperazine rings is 1. The molecule has 0 aliphatic carbocycles. The van der Waals surface area contributed by atoms with Crippen molar-refractivity contribution in [2.24, 2.45) is 0 Å². The highest BCUT2D eigenvalue weighted by Gasteiger charge is 2.18. The molecule has 2 aromatic carbocycles. The van der Waals surface area contributed by atoms with Crippen molar-refractivity contribution in [2.45, 2.75) is 0 Å². The van der Waals surface area contributed by atoms with E-state index in [-0.39, 0.29) is 5.11 Å². The lowest BCUT2D eigenvalue weighted by atomic mass is 10.2. The topological polar surface area (TPSA) is 56.8 Å². The fraction of sp³-hybridized carbons (Fsp3) is 0.300. The number of hydrogen-bond acceptors (Lipinski definition) is 5. The summed E-state index contributed by atoms with van der Waals surface area (Å²) in [7, 11) is 3.60. The summed E-state index contributed by atoms with van der Waals surface area (Å²) in [6, 6.07) is 10.5. The van der Waals surface area contributed by atoms with Gasteiger partial charge in [0.05, 0.1) is 23.4 Å². The molecule has 9 heteroatoms. The number of carbonyl (C=O) groups is 1.